The van der Waals surface area contributed by atoms with E-state index in [1.54, 1.807) is 13.0 Å². The average Bonchev–Trinajstić information content (AvgIpc) is 3.52. The Bertz CT molecular complexity index is 1400. The van der Waals surface area contributed by atoms with Gasteiger partial charge in [0, 0.05) is 17.0 Å². The van der Waals surface area contributed by atoms with Crippen LogP contribution in [0.5, 0.6) is 0 Å². The number of primary sulfonamides is 1. The SMILES string of the molecule is CCOC(=O)c1cc(-c2ccccc2)sc1NC(=O)[C@@H]1CCCN1C(=O)c1cccc(S(N)(=O)=O)c1. The largest absolute Gasteiger partial charge is 0.462 e. The minimum atomic E-state index is -3.98. The maximum absolute atomic E-state index is 13.3. The molecule has 1 saturated heterocycles. The topological polar surface area (TPSA) is 136 Å². The summed E-state index contributed by atoms with van der Waals surface area (Å²) < 4.78 is 28.6. The zero-order valence-corrected chi connectivity index (χ0v) is 21.1. The number of anilines is 1. The van der Waals surface area contributed by atoms with Gasteiger partial charge in [-0.15, -0.1) is 11.3 Å². The highest BCUT2D eigenvalue weighted by Crippen LogP contribution is 2.36. The summed E-state index contributed by atoms with van der Waals surface area (Å²) in [7, 11) is -3.98. The van der Waals surface area contributed by atoms with Crippen molar-refractivity contribution in [2.24, 2.45) is 5.14 Å². The zero-order chi connectivity index (χ0) is 25.9. The van der Waals surface area contributed by atoms with Crippen molar-refractivity contribution < 1.29 is 27.5 Å². The van der Waals surface area contributed by atoms with E-state index < -0.39 is 33.8 Å². The van der Waals surface area contributed by atoms with Crippen LogP contribution in [0, 0.1) is 0 Å². The number of likely N-dealkylation sites (tertiary alicyclic amines) is 1. The molecule has 0 bridgehead atoms. The number of ether oxygens (including phenoxy) is 1. The van der Waals surface area contributed by atoms with E-state index in [1.165, 1.54) is 40.5 Å². The molecular weight excluding hydrogens is 502 g/mol. The minimum Gasteiger partial charge on any atom is -0.462 e. The van der Waals surface area contributed by atoms with Gasteiger partial charge >= 0.3 is 5.97 Å². The third-order valence-corrected chi connectivity index (χ3v) is 7.76. The molecule has 0 unspecified atom stereocenters. The number of amides is 2. The van der Waals surface area contributed by atoms with Gasteiger partial charge in [-0.3, -0.25) is 9.59 Å². The number of nitrogens with one attached hydrogen (secondary N) is 1. The van der Waals surface area contributed by atoms with Crippen LogP contribution in [0.25, 0.3) is 10.4 Å². The molecule has 4 rings (SSSR count). The molecule has 1 fully saturated rings. The summed E-state index contributed by atoms with van der Waals surface area (Å²) in [6.45, 7) is 2.22. The molecule has 3 N–H and O–H groups in total. The van der Waals surface area contributed by atoms with Gasteiger partial charge < -0.3 is 15.0 Å². The van der Waals surface area contributed by atoms with Gasteiger partial charge in [0.2, 0.25) is 15.9 Å². The summed E-state index contributed by atoms with van der Waals surface area (Å²) >= 11 is 1.25. The van der Waals surface area contributed by atoms with E-state index in [4.69, 9.17) is 9.88 Å². The lowest BCUT2D eigenvalue weighted by molar-refractivity contribution is -0.119. The summed E-state index contributed by atoms with van der Waals surface area (Å²) in [5, 5.41) is 8.35. The Kier molecular flexibility index (Phi) is 7.53. The van der Waals surface area contributed by atoms with E-state index in [1.807, 2.05) is 30.3 Å². The first-order valence-electron chi connectivity index (χ1n) is 11.3. The van der Waals surface area contributed by atoms with Crippen LogP contribution >= 0.6 is 11.3 Å². The van der Waals surface area contributed by atoms with Crippen molar-refractivity contribution in [3.8, 4) is 10.4 Å². The molecule has 0 saturated carbocycles. The van der Waals surface area contributed by atoms with Gasteiger partial charge in [0.15, 0.2) is 0 Å². The van der Waals surface area contributed by atoms with Crippen LogP contribution < -0.4 is 10.5 Å². The van der Waals surface area contributed by atoms with Crippen molar-refractivity contribution in [3.63, 3.8) is 0 Å². The molecule has 1 aromatic heterocycles. The standard InChI is InChI=1S/C25H25N3O6S2/c1-2-34-25(31)19-15-21(16-8-4-3-5-9-16)35-23(19)27-22(29)20-12-7-13-28(20)24(30)17-10-6-11-18(14-17)36(26,32)33/h3-6,8-11,14-15,20H,2,7,12-13H2,1H3,(H,27,29)(H2,26,32,33)/t20-/m0/s1. The van der Waals surface area contributed by atoms with Gasteiger partial charge in [-0.05, 0) is 49.6 Å². The zero-order valence-electron chi connectivity index (χ0n) is 19.5. The van der Waals surface area contributed by atoms with Gasteiger partial charge in [0.25, 0.3) is 5.91 Å². The highest BCUT2D eigenvalue weighted by atomic mass is 32.2. The van der Waals surface area contributed by atoms with E-state index >= 15 is 0 Å². The molecule has 1 atom stereocenters. The number of carbonyl (C=O) groups excluding carboxylic acids is 3. The summed E-state index contributed by atoms with van der Waals surface area (Å²) in [6.07, 6.45) is 1.03. The third-order valence-electron chi connectivity index (χ3n) is 5.75. The summed E-state index contributed by atoms with van der Waals surface area (Å²) in [4.78, 5) is 41.1. The number of sulfonamides is 1. The first-order valence-corrected chi connectivity index (χ1v) is 13.7. The Morgan fingerprint density at radius 1 is 1.11 bits per heavy atom. The molecule has 2 amide bonds. The third kappa shape index (κ3) is 5.48. The number of nitrogens with two attached hydrogens (primary N) is 1. The maximum atomic E-state index is 13.3. The smallest absolute Gasteiger partial charge is 0.341 e. The summed E-state index contributed by atoms with van der Waals surface area (Å²) in [5.74, 6) is -1.46. The molecule has 2 heterocycles. The Hall–Kier alpha value is -3.54. The lowest BCUT2D eigenvalue weighted by Crippen LogP contribution is -2.43. The second-order valence-corrected chi connectivity index (χ2v) is 10.8. The van der Waals surface area contributed by atoms with Crippen LogP contribution in [0.4, 0.5) is 5.00 Å². The van der Waals surface area contributed by atoms with Gasteiger partial charge in [0.1, 0.15) is 11.0 Å². The lowest BCUT2D eigenvalue weighted by atomic mass is 10.1. The Balaban J connectivity index is 1.59. The summed E-state index contributed by atoms with van der Waals surface area (Å²) in [5.41, 5.74) is 1.25. The van der Waals surface area contributed by atoms with Crippen molar-refractivity contribution in [2.75, 3.05) is 18.5 Å². The molecule has 11 heteroatoms. The monoisotopic (exact) mass is 527 g/mol. The number of carbonyl (C=O) groups is 3. The molecule has 188 valence electrons. The molecule has 9 nitrogen and oxygen atoms in total. The Labute approximate surface area is 212 Å². The maximum Gasteiger partial charge on any atom is 0.341 e. The number of hydrogen-bond acceptors (Lipinski definition) is 7. The molecule has 0 spiro atoms. The number of hydrogen-bond donors (Lipinski definition) is 2. The first kappa shape index (κ1) is 25.5. The fourth-order valence-corrected chi connectivity index (χ4v) is 5.65. The number of rotatable bonds is 7. The van der Waals surface area contributed by atoms with Crippen molar-refractivity contribution >= 4 is 44.1 Å². The normalized spacial score (nSPS) is 15.5. The van der Waals surface area contributed by atoms with Crippen LogP contribution in [0.2, 0.25) is 0 Å². The van der Waals surface area contributed by atoms with Crippen molar-refractivity contribution in [3.05, 3.63) is 71.8 Å². The first-order chi connectivity index (χ1) is 17.2. The fourth-order valence-electron chi connectivity index (χ4n) is 4.04. The molecule has 1 aliphatic rings. The predicted molar refractivity (Wildman–Crippen MR) is 136 cm³/mol. The molecule has 3 aromatic rings. The van der Waals surface area contributed by atoms with Crippen LogP contribution in [0.3, 0.4) is 0 Å². The number of benzene rings is 2. The van der Waals surface area contributed by atoms with E-state index in [2.05, 4.69) is 5.32 Å². The fraction of sp³-hybridized carbons (Fsp3) is 0.240. The van der Waals surface area contributed by atoms with Gasteiger partial charge in [-0.2, -0.15) is 0 Å². The minimum absolute atomic E-state index is 0.121. The number of nitrogens with zero attached hydrogens (tertiary/aromatic N) is 1. The number of thiophene rings is 1. The lowest BCUT2D eigenvalue weighted by Gasteiger charge is -2.24. The van der Waals surface area contributed by atoms with E-state index in [9.17, 15) is 22.8 Å². The van der Waals surface area contributed by atoms with Crippen LogP contribution in [-0.2, 0) is 19.6 Å². The highest BCUT2D eigenvalue weighted by molar-refractivity contribution is 7.89. The van der Waals surface area contributed by atoms with Gasteiger partial charge in [-0.25, -0.2) is 18.4 Å². The molecule has 2 aromatic carbocycles. The van der Waals surface area contributed by atoms with Gasteiger partial charge in [-0.1, -0.05) is 36.4 Å². The van der Waals surface area contributed by atoms with E-state index in [0.717, 1.165) is 10.4 Å². The van der Waals surface area contributed by atoms with Crippen LogP contribution in [0.1, 0.15) is 40.5 Å². The van der Waals surface area contributed by atoms with Gasteiger partial charge in [0.05, 0.1) is 17.1 Å². The van der Waals surface area contributed by atoms with E-state index in [-0.39, 0.29) is 22.6 Å². The quantitative estimate of drug-likeness (QED) is 0.452. The second-order valence-electron chi connectivity index (χ2n) is 8.16. The summed E-state index contributed by atoms with van der Waals surface area (Å²) in [6, 6.07) is 15.8. The van der Waals surface area contributed by atoms with E-state index in [0.29, 0.717) is 24.4 Å². The number of esters is 1. The van der Waals surface area contributed by atoms with Crippen molar-refractivity contribution in [2.45, 2.75) is 30.7 Å². The van der Waals surface area contributed by atoms with Crippen molar-refractivity contribution in [1.29, 1.82) is 0 Å². The molecular formula is C25H25N3O6S2. The van der Waals surface area contributed by atoms with Crippen LogP contribution in [0.15, 0.2) is 65.6 Å². The Morgan fingerprint density at radius 2 is 1.86 bits per heavy atom. The Morgan fingerprint density at radius 3 is 2.56 bits per heavy atom. The second kappa shape index (κ2) is 10.6. The molecule has 0 radical (unpaired) electrons. The molecule has 1 aliphatic heterocycles. The predicted octanol–water partition coefficient (Wildman–Crippen LogP) is 3.48. The molecule has 36 heavy (non-hydrogen) atoms. The highest BCUT2D eigenvalue weighted by Gasteiger charge is 2.35. The van der Waals surface area contributed by atoms with Crippen molar-refractivity contribution in [1.82, 2.24) is 4.90 Å². The average molecular weight is 528 g/mol. The van der Waals surface area contributed by atoms with Crippen LogP contribution in [-0.4, -0.2) is 50.3 Å². The molecule has 0 aliphatic carbocycles.